The first-order valence-electron chi connectivity index (χ1n) is 11.4. The third-order valence-electron chi connectivity index (χ3n) is 5.47. The number of nitrogens with two attached hydrogens (primary N) is 2. The molecule has 1 aromatic carbocycles. The fraction of sp³-hybridized carbons (Fsp3) is 0.391. The maximum atomic E-state index is 12.6. The second-order valence-electron chi connectivity index (χ2n) is 8.34. The number of para-hydroxylation sites is 1. The molecule has 0 aliphatic rings. The van der Waals surface area contributed by atoms with Crippen LogP contribution in [0.25, 0.3) is 10.9 Å². The van der Waals surface area contributed by atoms with Crippen molar-refractivity contribution in [3.8, 4) is 0 Å². The molecule has 1 heterocycles. The van der Waals surface area contributed by atoms with Gasteiger partial charge in [-0.3, -0.25) is 24.0 Å². The summed E-state index contributed by atoms with van der Waals surface area (Å²) in [5.74, 6) is -5.60. The third kappa shape index (κ3) is 9.25. The molecule has 0 aliphatic heterocycles. The van der Waals surface area contributed by atoms with E-state index in [4.69, 9.17) is 16.6 Å². The Balaban J connectivity index is 1.96. The molecule has 3 atom stereocenters. The van der Waals surface area contributed by atoms with Gasteiger partial charge in [-0.2, -0.15) is 0 Å². The minimum absolute atomic E-state index is 0.00937. The molecule has 0 fully saturated rings. The number of aromatic nitrogens is 1. The number of rotatable bonds is 15. The van der Waals surface area contributed by atoms with Crippen molar-refractivity contribution in [1.82, 2.24) is 20.9 Å². The average molecular weight is 519 g/mol. The molecule has 0 aliphatic carbocycles. The quantitative estimate of drug-likeness (QED) is 0.134. The van der Waals surface area contributed by atoms with Crippen LogP contribution in [0.2, 0.25) is 0 Å². The smallest absolute Gasteiger partial charge is 0.326 e. The Morgan fingerprint density at radius 1 is 0.919 bits per heavy atom. The number of carbonyl (C=O) groups is 6. The van der Waals surface area contributed by atoms with Crippen molar-refractivity contribution < 1.29 is 39.0 Å². The van der Waals surface area contributed by atoms with Gasteiger partial charge in [0.1, 0.15) is 12.1 Å². The van der Waals surface area contributed by atoms with E-state index in [0.717, 1.165) is 10.9 Å². The van der Waals surface area contributed by atoms with Gasteiger partial charge in [-0.05, 0) is 24.5 Å². The Morgan fingerprint density at radius 2 is 1.62 bits per heavy atom. The van der Waals surface area contributed by atoms with Gasteiger partial charge in [0.2, 0.25) is 23.6 Å². The van der Waals surface area contributed by atoms with Crippen LogP contribution in [0, 0.1) is 0 Å². The number of carboxylic acids is 2. The highest BCUT2D eigenvalue weighted by molar-refractivity contribution is 5.93. The van der Waals surface area contributed by atoms with Crippen molar-refractivity contribution in [1.29, 1.82) is 0 Å². The maximum absolute atomic E-state index is 12.6. The molecule has 0 saturated heterocycles. The fourth-order valence-electron chi connectivity index (χ4n) is 3.50. The van der Waals surface area contributed by atoms with Crippen LogP contribution >= 0.6 is 0 Å². The van der Waals surface area contributed by atoms with Crippen LogP contribution in [0.15, 0.2) is 30.5 Å². The van der Waals surface area contributed by atoms with E-state index < -0.39 is 60.2 Å². The summed E-state index contributed by atoms with van der Waals surface area (Å²) in [4.78, 5) is 73.8. The topological polar surface area (TPSA) is 247 Å². The summed E-state index contributed by atoms with van der Waals surface area (Å²) in [7, 11) is 0. The van der Waals surface area contributed by atoms with Gasteiger partial charge in [0.15, 0.2) is 0 Å². The lowest BCUT2D eigenvalue weighted by atomic mass is 10.0. The van der Waals surface area contributed by atoms with E-state index >= 15 is 0 Å². The van der Waals surface area contributed by atoms with Gasteiger partial charge in [-0.1, -0.05) is 18.2 Å². The number of hydrogen-bond acceptors (Lipinski definition) is 7. The summed E-state index contributed by atoms with van der Waals surface area (Å²) >= 11 is 0. The summed E-state index contributed by atoms with van der Waals surface area (Å²) in [6.07, 6.45) is 0.641. The monoisotopic (exact) mass is 518 g/mol. The summed E-state index contributed by atoms with van der Waals surface area (Å²) in [6.45, 7) is -0.607. The molecule has 200 valence electrons. The van der Waals surface area contributed by atoms with E-state index in [0.29, 0.717) is 5.56 Å². The minimum Gasteiger partial charge on any atom is -0.481 e. The number of aliphatic carboxylic acids is 2. The first-order chi connectivity index (χ1) is 17.5. The van der Waals surface area contributed by atoms with Crippen molar-refractivity contribution in [3.05, 3.63) is 36.0 Å². The van der Waals surface area contributed by atoms with Gasteiger partial charge < -0.3 is 42.6 Å². The van der Waals surface area contributed by atoms with E-state index in [-0.39, 0.29) is 32.1 Å². The molecule has 3 unspecified atom stereocenters. The first-order valence-corrected chi connectivity index (χ1v) is 11.4. The third-order valence-corrected chi connectivity index (χ3v) is 5.47. The Kier molecular flexibility index (Phi) is 10.6. The second kappa shape index (κ2) is 13.6. The fourth-order valence-corrected chi connectivity index (χ4v) is 3.50. The van der Waals surface area contributed by atoms with Gasteiger partial charge in [0.05, 0.1) is 12.6 Å². The Hall–Kier alpha value is -4.46. The Morgan fingerprint density at radius 3 is 2.27 bits per heavy atom. The molecule has 2 rings (SSSR count). The molecule has 2 aromatic rings. The van der Waals surface area contributed by atoms with Crippen LogP contribution in [0.4, 0.5) is 0 Å². The maximum Gasteiger partial charge on any atom is 0.326 e. The number of aromatic amines is 1. The van der Waals surface area contributed by atoms with Crippen LogP contribution in [0.1, 0.15) is 31.2 Å². The Bertz CT molecular complexity index is 1160. The predicted octanol–water partition coefficient (Wildman–Crippen LogP) is -1.66. The van der Waals surface area contributed by atoms with Crippen LogP contribution in [-0.4, -0.2) is 75.4 Å². The second-order valence-corrected chi connectivity index (χ2v) is 8.34. The van der Waals surface area contributed by atoms with Gasteiger partial charge in [0.25, 0.3) is 0 Å². The summed E-state index contributed by atoms with van der Waals surface area (Å²) in [6, 6.07) is 3.49. The van der Waals surface area contributed by atoms with E-state index in [1.54, 1.807) is 12.3 Å². The molecule has 14 nitrogen and oxygen atoms in total. The number of amides is 4. The van der Waals surface area contributed by atoms with Gasteiger partial charge in [0, 0.05) is 36.4 Å². The SMILES string of the molecule is NC(=O)CCC(NC(=O)C(N)CCC(=O)O)C(=O)NCC(=O)NC(Cc1c[nH]c2ccccc12)C(=O)O. The molecule has 1 aromatic heterocycles. The average Bonchev–Trinajstić information content (AvgIpc) is 3.25. The zero-order chi connectivity index (χ0) is 27.5. The molecule has 14 heteroatoms. The van der Waals surface area contributed by atoms with E-state index in [2.05, 4.69) is 20.9 Å². The molecule has 0 bridgehead atoms. The minimum atomic E-state index is -1.29. The van der Waals surface area contributed by atoms with Crippen LogP contribution in [0.3, 0.4) is 0 Å². The number of fused-ring (bicyclic) bond motifs is 1. The largest absolute Gasteiger partial charge is 0.481 e. The van der Waals surface area contributed by atoms with Crippen LogP contribution in [0.5, 0.6) is 0 Å². The van der Waals surface area contributed by atoms with E-state index in [9.17, 15) is 33.9 Å². The lowest BCUT2D eigenvalue weighted by Crippen LogP contribution is -2.53. The summed E-state index contributed by atoms with van der Waals surface area (Å²) in [5, 5.41) is 26.0. The molecule has 0 radical (unpaired) electrons. The Labute approximate surface area is 211 Å². The van der Waals surface area contributed by atoms with Crippen molar-refractivity contribution in [2.24, 2.45) is 11.5 Å². The number of hydrogen-bond donors (Lipinski definition) is 8. The number of carbonyl (C=O) groups excluding carboxylic acids is 4. The van der Waals surface area contributed by atoms with Crippen molar-refractivity contribution in [2.45, 2.75) is 50.2 Å². The molecule has 37 heavy (non-hydrogen) atoms. The zero-order valence-corrected chi connectivity index (χ0v) is 19.9. The molecule has 0 saturated carbocycles. The lowest BCUT2D eigenvalue weighted by Gasteiger charge is -2.20. The van der Waals surface area contributed by atoms with Crippen LogP contribution < -0.4 is 27.4 Å². The molecule has 10 N–H and O–H groups in total. The molecule has 4 amide bonds. The summed E-state index contributed by atoms with van der Waals surface area (Å²) in [5.41, 5.74) is 12.3. The first kappa shape index (κ1) is 28.8. The van der Waals surface area contributed by atoms with E-state index in [1.807, 2.05) is 18.2 Å². The standard InChI is InChI=1S/C23H30N6O8/c24-14(5-8-20(32)33)21(34)29-16(6-7-18(25)30)22(35)27-11-19(31)28-17(23(36)37)9-12-10-26-15-4-2-1-3-13(12)15/h1-4,10,14,16-17,26H,5-9,11,24H2,(H2,25,30)(H,27,35)(H,28,31)(H,29,34)(H,32,33)(H,36,37). The number of carboxylic acid groups (broad SMARTS) is 2. The van der Waals surface area contributed by atoms with Crippen LogP contribution in [-0.2, 0) is 35.2 Å². The number of primary amides is 1. The number of benzene rings is 1. The number of H-pyrrole nitrogens is 1. The highest BCUT2D eigenvalue weighted by atomic mass is 16.4. The lowest BCUT2D eigenvalue weighted by molar-refractivity contribution is -0.141. The van der Waals surface area contributed by atoms with Crippen molar-refractivity contribution >= 4 is 46.5 Å². The zero-order valence-electron chi connectivity index (χ0n) is 19.9. The van der Waals surface area contributed by atoms with Gasteiger partial charge >= 0.3 is 11.9 Å². The normalized spacial score (nSPS) is 13.2. The molecule has 0 spiro atoms. The van der Waals surface area contributed by atoms with Crippen molar-refractivity contribution in [3.63, 3.8) is 0 Å². The number of nitrogens with one attached hydrogen (secondary N) is 4. The van der Waals surface area contributed by atoms with Crippen molar-refractivity contribution in [2.75, 3.05) is 6.54 Å². The molecular weight excluding hydrogens is 488 g/mol. The van der Waals surface area contributed by atoms with Gasteiger partial charge in [-0.15, -0.1) is 0 Å². The highest BCUT2D eigenvalue weighted by Gasteiger charge is 2.26. The molecular formula is C23H30N6O8. The highest BCUT2D eigenvalue weighted by Crippen LogP contribution is 2.19. The summed E-state index contributed by atoms with van der Waals surface area (Å²) < 4.78 is 0. The van der Waals surface area contributed by atoms with Gasteiger partial charge in [-0.25, -0.2) is 4.79 Å². The predicted molar refractivity (Wildman–Crippen MR) is 130 cm³/mol. The van der Waals surface area contributed by atoms with E-state index in [1.165, 1.54) is 0 Å².